The van der Waals surface area contributed by atoms with Gasteiger partial charge < -0.3 is 14.6 Å². The molecule has 0 bridgehead atoms. The minimum absolute atomic E-state index is 0.192. The van der Waals surface area contributed by atoms with E-state index in [1.165, 1.54) is 17.7 Å². The molecule has 23 heavy (non-hydrogen) atoms. The molecule has 8 heteroatoms. The largest absolute Gasteiger partial charge is 0.447 e. The van der Waals surface area contributed by atoms with E-state index in [1.54, 1.807) is 16.5 Å². The topological polar surface area (TPSA) is 88.3 Å². The molecule has 4 rings (SSSR count). The third kappa shape index (κ3) is 2.74. The minimum Gasteiger partial charge on any atom is -0.447 e. The fraction of sp³-hybridized carbons (Fsp3) is 0.467. The summed E-state index contributed by atoms with van der Waals surface area (Å²) in [5.74, 6) is 0.572. The number of likely N-dealkylation sites (tertiary alicyclic amines) is 1. The highest BCUT2D eigenvalue weighted by molar-refractivity contribution is 7.13. The van der Waals surface area contributed by atoms with Crippen molar-refractivity contribution in [3.05, 3.63) is 29.4 Å². The van der Waals surface area contributed by atoms with E-state index in [-0.39, 0.29) is 11.8 Å². The lowest BCUT2D eigenvalue weighted by atomic mass is 10.2. The maximum absolute atomic E-state index is 12.8. The van der Waals surface area contributed by atoms with Crippen molar-refractivity contribution in [3.63, 3.8) is 0 Å². The fourth-order valence-corrected chi connectivity index (χ4v) is 3.48. The van der Waals surface area contributed by atoms with E-state index in [1.807, 2.05) is 0 Å². The Kier molecular flexibility index (Phi) is 3.60. The van der Waals surface area contributed by atoms with Crippen molar-refractivity contribution in [2.75, 3.05) is 11.9 Å². The van der Waals surface area contributed by atoms with Crippen LogP contribution in [0.25, 0.3) is 0 Å². The quantitative estimate of drug-likeness (QED) is 0.927. The Morgan fingerprint density at radius 3 is 2.91 bits per heavy atom. The van der Waals surface area contributed by atoms with Gasteiger partial charge in [0.2, 0.25) is 5.91 Å². The Labute approximate surface area is 136 Å². The maximum Gasteiger partial charge on any atom is 0.276 e. The average molecular weight is 332 g/mol. The van der Waals surface area contributed by atoms with E-state index in [4.69, 9.17) is 4.42 Å². The highest BCUT2D eigenvalue weighted by Crippen LogP contribution is 2.42. The molecule has 2 aromatic rings. The number of carbonyl (C=O) groups is 2. The number of nitrogens with one attached hydrogen (secondary N) is 1. The summed E-state index contributed by atoms with van der Waals surface area (Å²) in [4.78, 5) is 35.0. The second-order valence-electron chi connectivity index (χ2n) is 5.82. The van der Waals surface area contributed by atoms with Gasteiger partial charge in [-0.15, -0.1) is 11.3 Å². The first kappa shape index (κ1) is 14.4. The number of anilines is 1. The van der Waals surface area contributed by atoms with Gasteiger partial charge in [0.15, 0.2) is 17.2 Å². The predicted molar refractivity (Wildman–Crippen MR) is 83.3 cm³/mol. The summed E-state index contributed by atoms with van der Waals surface area (Å²) >= 11 is 1.36. The van der Waals surface area contributed by atoms with Crippen LogP contribution in [-0.2, 0) is 4.79 Å². The van der Waals surface area contributed by atoms with E-state index in [0.717, 1.165) is 19.3 Å². The molecule has 1 aliphatic heterocycles. The normalized spacial score (nSPS) is 20.7. The number of nitrogens with zero attached hydrogens (tertiary/aromatic N) is 3. The molecule has 3 heterocycles. The lowest BCUT2D eigenvalue weighted by Gasteiger charge is -2.22. The molecule has 1 unspecified atom stereocenters. The van der Waals surface area contributed by atoms with Gasteiger partial charge in [0.05, 0.1) is 0 Å². The molecular weight excluding hydrogens is 316 g/mol. The monoisotopic (exact) mass is 332 g/mol. The third-order valence-electron chi connectivity index (χ3n) is 4.22. The van der Waals surface area contributed by atoms with Crippen LogP contribution in [0.3, 0.4) is 0 Å². The van der Waals surface area contributed by atoms with Crippen LogP contribution in [0.4, 0.5) is 5.13 Å². The first-order valence-corrected chi connectivity index (χ1v) is 8.56. The Balaban J connectivity index is 1.51. The molecule has 2 fully saturated rings. The number of oxazole rings is 1. The lowest BCUT2D eigenvalue weighted by molar-refractivity contribution is -0.119. The molecular formula is C15H16N4O3S. The van der Waals surface area contributed by atoms with Gasteiger partial charge in [0, 0.05) is 24.0 Å². The van der Waals surface area contributed by atoms with E-state index >= 15 is 0 Å². The van der Waals surface area contributed by atoms with Gasteiger partial charge in [-0.05, 0) is 25.7 Å². The number of carbonyl (C=O) groups excluding carboxylic acids is 2. The number of thiazole rings is 1. The molecule has 0 aromatic carbocycles. The summed E-state index contributed by atoms with van der Waals surface area (Å²) < 4.78 is 5.38. The van der Waals surface area contributed by atoms with Crippen molar-refractivity contribution in [2.45, 2.75) is 37.6 Å². The molecule has 1 atom stereocenters. The zero-order valence-corrected chi connectivity index (χ0v) is 13.2. The smallest absolute Gasteiger partial charge is 0.276 e. The van der Waals surface area contributed by atoms with Gasteiger partial charge in [-0.25, -0.2) is 9.97 Å². The second-order valence-corrected chi connectivity index (χ2v) is 6.72. The molecule has 2 amide bonds. The Bertz CT molecular complexity index is 723. The van der Waals surface area contributed by atoms with Crippen molar-refractivity contribution >= 4 is 28.3 Å². The van der Waals surface area contributed by atoms with Gasteiger partial charge in [-0.3, -0.25) is 9.59 Å². The number of amides is 2. The van der Waals surface area contributed by atoms with Crippen LogP contribution in [-0.4, -0.2) is 39.3 Å². The zero-order chi connectivity index (χ0) is 15.8. The summed E-state index contributed by atoms with van der Waals surface area (Å²) in [6, 6.07) is -0.477. The summed E-state index contributed by atoms with van der Waals surface area (Å²) in [7, 11) is 0. The maximum atomic E-state index is 12.8. The number of rotatable bonds is 4. The predicted octanol–water partition coefficient (Wildman–Crippen LogP) is 2.25. The van der Waals surface area contributed by atoms with Crippen LogP contribution < -0.4 is 5.32 Å². The molecule has 0 radical (unpaired) electrons. The van der Waals surface area contributed by atoms with Gasteiger partial charge >= 0.3 is 0 Å². The van der Waals surface area contributed by atoms with Crippen LogP contribution in [0.15, 0.2) is 22.4 Å². The summed E-state index contributed by atoms with van der Waals surface area (Å²) in [5.41, 5.74) is 0.362. The Morgan fingerprint density at radius 2 is 2.17 bits per heavy atom. The molecule has 2 aromatic heterocycles. The van der Waals surface area contributed by atoms with Gasteiger partial charge in [0.25, 0.3) is 5.91 Å². The first-order valence-electron chi connectivity index (χ1n) is 7.68. The highest BCUT2D eigenvalue weighted by atomic mass is 32.1. The average Bonchev–Trinajstić information content (AvgIpc) is 3.03. The van der Waals surface area contributed by atoms with Crippen molar-refractivity contribution < 1.29 is 14.0 Å². The van der Waals surface area contributed by atoms with E-state index in [9.17, 15) is 9.59 Å². The van der Waals surface area contributed by atoms with Gasteiger partial charge in [-0.2, -0.15) is 0 Å². The molecule has 1 saturated heterocycles. The van der Waals surface area contributed by atoms with E-state index in [0.29, 0.717) is 35.5 Å². The van der Waals surface area contributed by atoms with E-state index < -0.39 is 6.04 Å². The number of hydrogen-bond acceptors (Lipinski definition) is 6. The van der Waals surface area contributed by atoms with Crippen LogP contribution in [0.5, 0.6) is 0 Å². The molecule has 2 aliphatic rings. The van der Waals surface area contributed by atoms with Crippen molar-refractivity contribution in [2.24, 2.45) is 0 Å². The van der Waals surface area contributed by atoms with E-state index in [2.05, 4.69) is 15.3 Å². The summed E-state index contributed by atoms with van der Waals surface area (Å²) in [5, 5.41) is 5.12. The second kappa shape index (κ2) is 5.77. The first-order chi connectivity index (χ1) is 11.2. The molecule has 120 valence electrons. The fourth-order valence-electron chi connectivity index (χ4n) is 2.94. The van der Waals surface area contributed by atoms with Crippen LogP contribution in [0.1, 0.15) is 47.8 Å². The summed E-state index contributed by atoms with van der Waals surface area (Å²) in [6.45, 7) is 0.561. The molecule has 1 N–H and O–H groups in total. The SMILES string of the molecule is O=C(Nc1nccs1)C1CCCN1C(=O)c1ncoc1C1CC1. The Morgan fingerprint density at radius 1 is 1.30 bits per heavy atom. The van der Waals surface area contributed by atoms with Crippen LogP contribution in [0.2, 0.25) is 0 Å². The molecule has 1 aliphatic carbocycles. The Hall–Kier alpha value is -2.22. The van der Waals surface area contributed by atoms with Crippen molar-refractivity contribution in [1.82, 2.24) is 14.9 Å². The zero-order valence-electron chi connectivity index (χ0n) is 12.4. The number of hydrogen-bond donors (Lipinski definition) is 1. The van der Waals surface area contributed by atoms with Crippen LogP contribution >= 0.6 is 11.3 Å². The van der Waals surface area contributed by atoms with Crippen molar-refractivity contribution in [3.8, 4) is 0 Å². The third-order valence-corrected chi connectivity index (χ3v) is 4.91. The number of aromatic nitrogens is 2. The summed E-state index contributed by atoms with van der Waals surface area (Å²) in [6.07, 6.45) is 6.47. The molecule has 7 nitrogen and oxygen atoms in total. The van der Waals surface area contributed by atoms with Crippen molar-refractivity contribution in [1.29, 1.82) is 0 Å². The molecule has 1 saturated carbocycles. The van der Waals surface area contributed by atoms with Gasteiger partial charge in [-0.1, -0.05) is 0 Å². The minimum atomic E-state index is -0.477. The van der Waals surface area contributed by atoms with Gasteiger partial charge in [0.1, 0.15) is 11.8 Å². The standard InChI is InChI=1S/C15H16N4O3S/c20-13(18-15-16-5-7-23-15)10-2-1-6-19(10)14(21)11-12(9-3-4-9)22-8-17-11/h5,7-10H,1-4,6H2,(H,16,18,20). The highest BCUT2D eigenvalue weighted by Gasteiger charge is 2.39. The van der Waals surface area contributed by atoms with Crippen LogP contribution in [0, 0.1) is 0 Å². The molecule has 0 spiro atoms. The lowest BCUT2D eigenvalue weighted by Crippen LogP contribution is -2.43.